The van der Waals surface area contributed by atoms with E-state index < -0.39 is 17.3 Å². The maximum absolute atomic E-state index is 14.3. The van der Waals surface area contributed by atoms with E-state index in [1.807, 2.05) is 72.8 Å². The van der Waals surface area contributed by atoms with Crippen molar-refractivity contribution in [3.63, 3.8) is 0 Å². The number of carbonyl (C=O) groups excluding carboxylic acids is 3. The molecule has 4 aromatic carbocycles. The van der Waals surface area contributed by atoms with Gasteiger partial charge in [0.25, 0.3) is 5.91 Å². The van der Waals surface area contributed by atoms with E-state index in [1.54, 1.807) is 36.5 Å². The van der Waals surface area contributed by atoms with Gasteiger partial charge in [0, 0.05) is 22.2 Å². The highest BCUT2D eigenvalue weighted by atomic mass is 79.9. The minimum absolute atomic E-state index is 0.207. The Labute approximate surface area is 233 Å². The Morgan fingerprint density at radius 1 is 0.821 bits per heavy atom. The fraction of sp³-hybridized carbons (Fsp3) is 0.125. The van der Waals surface area contributed by atoms with E-state index >= 15 is 0 Å². The van der Waals surface area contributed by atoms with Crippen molar-refractivity contribution in [1.29, 1.82) is 0 Å². The van der Waals surface area contributed by atoms with Crippen molar-refractivity contribution in [2.75, 3.05) is 4.90 Å². The Morgan fingerprint density at radius 3 is 2.13 bits per heavy atom. The number of amides is 3. The van der Waals surface area contributed by atoms with Crippen molar-refractivity contribution in [2.45, 2.75) is 11.3 Å². The fourth-order valence-electron chi connectivity index (χ4n) is 6.77. The van der Waals surface area contributed by atoms with Gasteiger partial charge in [0.15, 0.2) is 0 Å². The van der Waals surface area contributed by atoms with E-state index in [9.17, 15) is 14.4 Å². The first-order chi connectivity index (χ1) is 19.0. The second-order valence-corrected chi connectivity index (χ2v) is 11.0. The SMILES string of the molecule is O=C(N/N=C\C12c3ccccc3C(c3ccccc31)[C@@H]1C(=O)N(c3ccccc3)C(=O)[C@H]12)c1cccc(Br)c1. The third-order valence-corrected chi connectivity index (χ3v) is 8.71. The average molecular weight is 576 g/mol. The number of hydrogen-bond donors (Lipinski definition) is 1. The lowest BCUT2D eigenvalue weighted by Crippen LogP contribution is -2.54. The largest absolute Gasteiger partial charge is 0.274 e. The molecule has 2 bridgehead atoms. The number of rotatable bonds is 4. The molecular formula is C32H22BrN3O3. The van der Waals surface area contributed by atoms with Crippen molar-refractivity contribution in [1.82, 2.24) is 5.43 Å². The lowest BCUT2D eigenvalue weighted by Gasteiger charge is -2.52. The first kappa shape index (κ1) is 23.7. The quantitative estimate of drug-likeness (QED) is 0.200. The second kappa shape index (κ2) is 8.85. The monoisotopic (exact) mass is 575 g/mol. The maximum atomic E-state index is 14.3. The van der Waals surface area contributed by atoms with E-state index in [-0.39, 0.29) is 23.6 Å². The van der Waals surface area contributed by atoms with Gasteiger partial charge in [-0.05, 0) is 52.6 Å². The summed E-state index contributed by atoms with van der Waals surface area (Å²) >= 11 is 3.40. The second-order valence-electron chi connectivity index (χ2n) is 10.1. The predicted molar refractivity (Wildman–Crippen MR) is 152 cm³/mol. The number of hydrogen-bond acceptors (Lipinski definition) is 4. The van der Waals surface area contributed by atoms with Gasteiger partial charge < -0.3 is 0 Å². The molecule has 7 heteroatoms. The van der Waals surface area contributed by atoms with Crippen LogP contribution in [-0.2, 0) is 15.0 Å². The van der Waals surface area contributed by atoms with E-state index in [4.69, 9.17) is 0 Å². The molecule has 4 aromatic rings. The molecule has 0 spiro atoms. The third-order valence-electron chi connectivity index (χ3n) is 8.22. The number of imide groups is 1. The first-order valence-corrected chi connectivity index (χ1v) is 13.5. The topological polar surface area (TPSA) is 78.8 Å². The van der Waals surface area contributed by atoms with E-state index in [2.05, 4.69) is 26.5 Å². The molecule has 1 fully saturated rings. The fourth-order valence-corrected chi connectivity index (χ4v) is 7.17. The highest BCUT2D eigenvalue weighted by Crippen LogP contribution is 2.63. The standard InChI is InChI=1S/C32H22BrN3O3/c33-20-10-8-9-19(17-20)29(37)35-34-18-32-24-15-6-4-13-22(24)26(23-14-5-7-16-25(23)32)27-28(32)31(39)36(30(27)38)21-11-2-1-3-12-21/h1-18,26-28H,(H,35,37)/b34-18-/t26?,27-,28-,32?/m0/s1. The Balaban J connectivity index is 1.41. The minimum Gasteiger partial charge on any atom is -0.274 e. The molecule has 0 unspecified atom stereocenters. The molecule has 1 aliphatic heterocycles. The molecule has 1 saturated heterocycles. The summed E-state index contributed by atoms with van der Waals surface area (Å²) in [6.45, 7) is 0. The number of benzene rings is 4. The highest BCUT2D eigenvalue weighted by Gasteiger charge is 2.68. The van der Waals surface area contributed by atoms with Crippen LogP contribution in [0.25, 0.3) is 0 Å². The van der Waals surface area contributed by atoms with Gasteiger partial charge in [0.2, 0.25) is 11.8 Å². The van der Waals surface area contributed by atoms with Gasteiger partial charge in [0.05, 0.1) is 22.9 Å². The van der Waals surface area contributed by atoms with Gasteiger partial charge in [0.1, 0.15) is 0 Å². The van der Waals surface area contributed by atoms with Crippen LogP contribution in [0.2, 0.25) is 0 Å². The Hall–Kier alpha value is -4.36. The van der Waals surface area contributed by atoms with Crippen molar-refractivity contribution >= 4 is 45.6 Å². The van der Waals surface area contributed by atoms with Crippen molar-refractivity contribution in [3.8, 4) is 0 Å². The molecular weight excluding hydrogens is 554 g/mol. The van der Waals surface area contributed by atoms with Crippen molar-refractivity contribution in [3.05, 3.63) is 135 Å². The predicted octanol–water partition coefficient (Wildman–Crippen LogP) is 5.42. The van der Waals surface area contributed by atoms with E-state index in [1.165, 1.54) is 4.90 Å². The first-order valence-electron chi connectivity index (χ1n) is 12.7. The molecule has 8 rings (SSSR count). The maximum Gasteiger partial charge on any atom is 0.271 e. The van der Waals surface area contributed by atoms with Gasteiger partial charge in [-0.3, -0.25) is 14.4 Å². The number of halogens is 1. The average Bonchev–Trinajstić information content (AvgIpc) is 3.24. The third kappa shape index (κ3) is 3.32. The smallest absolute Gasteiger partial charge is 0.271 e. The van der Waals surface area contributed by atoms with Crippen LogP contribution in [0, 0.1) is 11.8 Å². The summed E-state index contributed by atoms with van der Waals surface area (Å²) in [4.78, 5) is 42.6. The molecule has 2 atom stereocenters. The summed E-state index contributed by atoms with van der Waals surface area (Å²) in [5.41, 5.74) is 6.53. The van der Waals surface area contributed by atoms with Crippen LogP contribution >= 0.6 is 15.9 Å². The summed E-state index contributed by atoms with van der Waals surface area (Å²) in [5, 5.41) is 4.46. The number of para-hydroxylation sites is 1. The summed E-state index contributed by atoms with van der Waals surface area (Å²) in [7, 11) is 0. The van der Waals surface area contributed by atoms with Crippen LogP contribution < -0.4 is 10.3 Å². The number of nitrogens with zero attached hydrogens (tertiary/aromatic N) is 2. The Kier molecular flexibility index (Phi) is 5.39. The molecule has 0 saturated carbocycles. The highest BCUT2D eigenvalue weighted by molar-refractivity contribution is 9.10. The van der Waals surface area contributed by atoms with Crippen LogP contribution in [0.15, 0.2) is 113 Å². The molecule has 1 heterocycles. The van der Waals surface area contributed by atoms with Gasteiger partial charge in [-0.2, -0.15) is 5.10 Å². The molecule has 1 N–H and O–H groups in total. The van der Waals surface area contributed by atoms with E-state index in [0.29, 0.717) is 11.3 Å². The van der Waals surface area contributed by atoms with Gasteiger partial charge >= 0.3 is 0 Å². The molecule has 4 aliphatic rings. The number of nitrogens with one attached hydrogen (secondary N) is 1. The Morgan fingerprint density at radius 2 is 1.46 bits per heavy atom. The molecule has 39 heavy (non-hydrogen) atoms. The lowest BCUT2D eigenvalue weighted by atomic mass is 9.47. The normalized spacial score (nSPS) is 24.4. The zero-order valence-corrected chi connectivity index (χ0v) is 22.2. The molecule has 0 radical (unpaired) electrons. The van der Waals surface area contributed by atoms with E-state index in [0.717, 1.165) is 26.7 Å². The molecule has 190 valence electrons. The van der Waals surface area contributed by atoms with Crippen molar-refractivity contribution in [2.24, 2.45) is 16.9 Å². The summed E-state index contributed by atoms with van der Waals surface area (Å²) in [6, 6.07) is 32.1. The zero-order chi connectivity index (χ0) is 26.7. The van der Waals surface area contributed by atoms with Gasteiger partial charge in [-0.25, -0.2) is 10.3 Å². The Bertz CT molecular complexity index is 1650. The van der Waals surface area contributed by atoms with Crippen molar-refractivity contribution < 1.29 is 14.4 Å². The molecule has 6 nitrogen and oxygen atoms in total. The number of carbonyl (C=O) groups is 3. The van der Waals surface area contributed by atoms with Crippen LogP contribution in [0.3, 0.4) is 0 Å². The minimum atomic E-state index is -1.03. The van der Waals surface area contributed by atoms with Crippen LogP contribution in [0.4, 0.5) is 5.69 Å². The number of hydrazone groups is 1. The van der Waals surface area contributed by atoms with Gasteiger partial charge in [-0.1, -0.05) is 88.7 Å². The molecule has 3 aliphatic carbocycles. The summed E-state index contributed by atoms with van der Waals surface area (Å²) < 4.78 is 0.782. The zero-order valence-electron chi connectivity index (χ0n) is 20.6. The molecule has 0 aromatic heterocycles. The lowest BCUT2D eigenvalue weighted by molar-refractivity contribution is -0.122. The summed E-state index contributed by atoms with van der Waals surface area (Å²) in [5.74, 6) is -2.37. The van der Waals surface area contributed by atoms with Crippen LogP contribution in [0.5, 0.6) is 0 Å². The van der Waals surface area contributed by atoms with Gasteiger partial charge in [-0.15, -0.1) is 0 Å². The molecule has 3 amide bonds. The van der Waals surface area contributed by atoms with Crippen LogP contribution in [-0.4, -0.2) is 23.9 Å². The number of anilines is 1. The summed E-state index contributed by atoms with van der Waals surface area (Å²) in [6.07, 6.45) is 1.67. The van der Waals surface area contributed by atoms with Crippen LogP contribution in [0.1, 0.15) is 38.5 Å².